The van der Waals surface area contributed by atoms with Crippen LogP contribution in [0.5, 0.6) is 0 Å². The van der Waals surface area contributed by atoms with Gasteiger partial charge in [0.25, 0.3) is 0 Å². The van der Waals surface area contributed by atoms with E-state index in [-0.39, 0.29) is 25.5 Å². The van der Waals surface area contributed by atoms with Gasteiger partial charge in [-0.1, -0.05) is 30.3 Å². The van der Waals surface area contributed by atoms with Crippen LogP contribution in [0.2, 0.25) is 0 Å². The molecule has 0 heterocycles. The molecule has 98 valence electrons. The molecule has 1 aliphatic carbocycles. The van der Waals surface area contributed by atoms with E-state index in [1.165, 1.54) is 0 Å². The molecule has 1 fully saturated rings. The first-order chi connectivity index (χ1) is 8.65. The van der Waals surface area contributed by atoms with Gasteiger partial charge in [-0.15, -0.1) is 0 Å². The Morgan fingerprint density at radius 1 is 1.39 bits per heavy atom. The van der Waals surface area contributed by atoms with Crippen molar-refractivity contribution in [1.29, 1.82) is 0 Å². The lowest BCUT2D eigenvalue weighted by molar-refractivity contribution is 0.103. The number of carbonyl (C=O) groups is 1. The maximum atomic E-state index is 13.0. The highest BCUT2D eigenvalue weighted by atomic mass is 19.1. The quantitative estimate of drug-likeness (QED) is 0.863. The first-order valence-electron chi connectivity index (χ1n) is 5.94. The van der Waals surface area contributed by atoms with Gasteiger partial charge in [0, 0.05) is 12.5 Å². The van der Waals surface area contributed by atoms with Crippen LogP contribution < -0.4 is 5.32 Å². The second-order valence-electron chi connectivity index (χ2n) is 4.46. The molecule has 3 atom stereocenters. The van der Waals surface area contributed by atoms with Gasteiger partial charge in [0.2, 0.25) is 0 Å². The third kappa shape index (κ3) is 3.43. The standard InChI is InChI=1S/C13H16FNO3/c14-11-6-10(7-12(11)16)15-13(17)18-8-9-4-2-1-3-5-9/h1-5,10-12,16H,6-8H2,(H,15,17)/t10-,11+,12+/m0/s1. The number of ether oxygens (including phenoxy) is 1. The van der Waals surface area contributed by atoms with E-state index >= 15 is 0 Å². The molecule has 0 radical (unpaired) electrons. The Hall–Kier alpha value is -1.62. The van der Waals surface area contributed by atoms with Gasteiger partial charge in [-0.3, -0.25) is 0 Å². The van der Waals surface area contributed by atoms with E-state index in [1.807, 2.05) is 30.3 Å². The zero-order valence-corrected chi connectivity index (χ0v) is 9.88. The van der Waals surface area contributed by atoms with E-state index in [1.54, 1.807) is 0 Å². The van der Waals surface area contributed by atoms with Crippen molar-refractivity contribution in [1.82, 2.24) is 5.32 Å². The fourth-order valence-corrected chi connectivity index (χ4v) is 2.01. The maximum absolute atomic E-state index is 13.0. The number of benzene rings is 1. The largest absolute Gasteiger partial charge is 0.445 e. The van der Waals surface area contributed by atoms with Crippen molar-refractivity contribution in [2.45, 2.75) is 37.8 Å². The van der Waals surface area contributed by atoms with Crippen molar-refractivity contribution in [3.05, 3.63) is 35.9 Å². The summed E-state index contributed by atoms with van der Waals surface area (Å²) in [6.45, 7) is 0.182. The molecule has 1 aromatic carbocycles. The molecule has 0 unspecified atom stereocenters. The smallest absolute Gasteiger partial charge is 0.407 e. The zero-order chi connectivity index (χ0) is 13.0. The Balaban J connectivity index is 1.73. The third-order valence-corrected chi connectivity index (χ3v) is 2.99. The minimum absolute atomic E-state index is 0.140. The number of carbonyl (C=O) groups excluding carboxylic acids is 1. The summed E-state index contributed by atoms with van der Waals surface area (Å²) in [5.74, 6) is 0. The normalized spacial score (nSPS) is 26.9. The number of rotatable bonds is 3. The van der Waals surface area contributed by atoms with Gasteiger partial charge < -0.3 is 15.2 Å². The molecule has 0 saturated heterocycles. The Labute approximate surface area is 105 Å². The van der Waals surface area contributed by atoms with Gasteiger partial charge in [-0.2, -0.15) is 0 Å². The van der Waals surface area contributed by atoms with Crippen LogP contribution >= 0.6 is 0 Å². The average molecular weight is 253 g/mol. The number of aliphatic hydroxyl groups is 1. The van der Waals surface area contributed by atoms with Gasteiger partial charge in [0.15, 0.2) is 0 Å². The monoisotopic (exact) mass is 253 g/mol. The minimum Gasteiger partial charge on any atom is -0.445 e. The lowest BCUT2D eigenvalue weighted by atomic mass is 10.2. The zero-order valence-electron chi connectivity index (χ0n) is 9.88. The number of alkyl halides is 1. The third-order valence-electron chi connectivity index (χ3n) is 2.99. The van der Waals surface area contributed by atoms with Gasteiger partial charge >= 0.3 is 6.09 Å². The van der Waals surface area contributed by atoms with Crippen molar-refractivity contribution in [2.24, 2.45) is 0 Å². The molecule has 18 heavy (non-hydrogen) atoms. The molecule has 1 saturated carbocycles. The number of aliphatic hydroxyl groups excluding tert-OH is 1. The summed E-state index contributed by atoms with van der Waals surface area (Å²) >= 11 is 0. The van der Waals surface area contributed by atoms with Crippen molar-refractivity contribution < 1.29 is 19.0 Å². The van der Waals surface area contributed by atoms with Gasteiger partial charge in [-0.25, -0.2) is 9.18 Å². The maximum Gasteiger partial charge on any atom is 0.407 e. The second-order valence-corrected chi connectivity index (χ2v) is 4.46. The summed E-state index contributed by atoms with van der Waals surface area (Å²) in [4.78, 5) is 11.4. The van der Waals surface area contributed by atoms with Gasteiger partial charge in [-0.05, 0) is 12.0 Å². The van der Waals surface area contributed by atoms with E-state index in [4.69, 9.17) is 4.74 Å². The molecule has 4 nitrogen and oxygen atoms in total. The van der Waals surface area contributed by atoms with Crippen LogP contribution in [0.3, 0.4) is 0 Å². The Kier molecular flexibility index (Phi) is 4.15. The second kappa shape index (κ2) is 5.82. The summed E-state index contributed by atoms with van der Waals surface area (Å²) in [5.41, 5.74) is 0.891. The highest BCUT2D eigenvalue weighted by Crippen LogP contribution is 2.22. The van der Waals surface area contributed by atoms with E-state index in [0.717, 1.165) is 5.56 Å². The molecule has 5 heteroatoms. The molecule has 1 aliphatic rings. The fourth-order valence-electron chi connectivity index (χ4n) is 2.01. The number of hydrogen-bond donors (Lipinski definition) is 2. The lowest BCUT2D eigenvalue weighted by Gasteiger charge is -2.12. The number of hydrogen-bond acceptors (Lipinski definition) is 3. The number of nitrogens with one attached hydrogen (secondary N) is 1. The minimum atomic E-state index is -1.26. The molecule has 0 spiro atoms. The molecule has 0 aromatic heterocycles. The Morgan fingerprint density at radius 3 is 2.72 bits per heavy atom. The molecule has 1 aromatic rings. The molecule has 1 amide bonds. The lowest BCUT2D eigenvalue weighted by Crippen LogP contribution is -2.33. The molecular formula is C13H16FNO3. The van der Waals surface area contributed by atoms with Crippen LogP contribution in [0, 0.1) is 0 Å². The predicted octanol–water partition coefficient (Wildman–Crippen LogP) is 1.77. The van der Waals surface area contributed by atoms with Crippen LogP contribution in [-0.2, 0) is 11.3 Å². The predicted molar refractivity (Wildman–Crippen MR) is 63.7 cm³/mol. The van der Waals surface area contributed by atoms with Crippen molar-refractivity contribution in [3.63, 3.8) is 0 Å². The van der Waals surface area contributed by atoms with E-state index < -0.39 is 18.4 Å². The highest BCUT2D eigenvalue weighted by Gasteiger charge is 2.33. The Morgan fingerprint density at radius 2 is 2.11 bits per heavy atom. The summed E-state index contributed by atoms with van der Waals surface area (Å²) in [5, 5.41) is 11.8. The summed E-state index contributed by atoms with van der Waals surface area (Å²) in [6, 6.07) is 8.95. The SMILES string of the molecule is O=C(N[C@@H]1C[C@@H](O)[C@H](F)C1)OCc1ccccc1. The van der Waals surface area contributed by atoms with E-state index in [2.05, 4.69) is 5.32 Å². The van der Waals surface area contributed by atoms with Crippen molar-refractivity contribution in [2.75, 3.05) is 0 Å². The van der Waals surface area contributed by atoms with Crippen molar-refractivity contribution >= 4 is 6.09 Å². The van der Waals surface area contributed by atoms with E-state index in [0.29, 0.717) is 0 Å². The van der Waals surface area contributed by atoms with Gasteiger partial charge in [0.05, 0.1) is 6.10 Å². The molecule has 0 aliphatic heterocycles. The summed E-state index contributed by atoms with van der Waals surface area (Å²) in [6.07, 6.45) is -2.44. The van der Waals surface area contributed by atoms with Crippen LogP contribution in [-0.4, -0.2) is 29.5 Å². The van der Waals surface area contributed by atoms with Crippen LogP contribution in [0.25, 0.3) is 0 Å². The van der Waals surface area contributed by atoms with Crippen LogP contribution in [0.1, 0.15) is 18.4 Å². The van der Waals surface area contributed by atoms with Crippen LogP contribution in [0.4, 0.5) is 9.18 Å². The number of halogens is 1. The van der Waals surface area contributed by atoms with Gasteiger partial charge in [0.1, 0.15) is 12.8 Å². The molecular weight excluding hydrogens is 237 g/mol. The number of alkyl carbamates (subject to hydrolysis) is 1. The van der Waals surface area contributed by atoms with Crippen molar-refractivity contribution in [3.8, 4) is 0 Å². The molecule has 2 N–H and O–H groups in total. The van der Waals surface area contributed by atoms with E-state index in [9.17, 15) is 14.3 Å². The summed E-state index contributed by atoms with van der Waals surface area (Å²) < 4.78 is 18.0. The first kappa shape index (κ1) is 12.8. The molecule has 0 bridgehead atoms. The summed E-state index contributed by atoms with van der Waals surface area (Å²) in [7, 11) is 0. The highest BCUT2D eigenvalue weighted by molar-refractivity contribution is 5.67. The topological polar surface area (TPSA) is 58.6 Å². The fraction of sp³-hybridized carbons (Fsp3) is 0.462. The Bertz CT molecular complexity index is 388. The first-order valence-corrected chi connectivity index (χ1v) is 5.94. The van der Waals surface area contributed by atoms with Crippen LogP contribution in [0.15, 0.2) is 30.3 Å². The average Bonchev–Trinajstić information content (AvgIpc) is 2.67. The number of amides is 1. The molecule has 2 rings (SSSR count).